The molecule has 1 aliphatic heterocycles. The van der Waals surface area contributed by atoms with Crippen LogP contribution in [0.4, 0.5) is 5.69 Å². The summed E-state index contributed by atoms with van der Waals surface area (Å²) >= 11 is 1.79. The number of anilines is 1. The molecule has 1 aromatic heterocycles. The van der Waals surface area contributed by atoms with E-state index in [1.54, 1.807) is 25.5 Å². The van der Waals surface area contributed by atoms with Gasteiger partial charge in [-0.2, -0.15) is 0 Å². The predicted molar refractivity (Wildman–Crippen MR) is 134 cm³/mol. The summed E-state index contributed by atoms with van der Waals surface area (Å²) < 4.78 is 16.6. The normalized spacial score (nSPS) is 15.8. The zero-order valence-electron chi connectivity index (χ0n) is 17.7. The number of rotatable bonds is 8. The average molecular weight is 546 g/mol. The van der Waals surface area contributed by atoms with Crippen LogP contribution in [0, 0.1) is 0 Å². The first kappa shape index (κ1) is 24.7. The minimum atomic E-state index is 0. The summed E-state index contributed by atoms with van der Waals surface area (Å²) in [5, 5.41) is 8.94. The molecule has 1 aromatic carbocycles. The van der Waals surface area contributed by atoms with Gasteiger partial charge in [0.05, 0.1) is 33.0 Å². The fourth-order valence-electron chi connectivity index (χ4n) is 3.31. The van der Waals surface area contributed by atoms with Gasteiger partial charge < -0.3 is 24.8 Å². The summed E-state index contributed by atoms with van der Waals surface area (Å²) in [5.41, 5.74) is 0.887. The molecule has 0 spiro atoms. The van der Waals surface area contributed by atoms with Gasteiger partial charge in [0.1, 0.15) is 0 Å². The van der Waals surface area contributed by atoms with E-state index in [1.165, 1.54) is 4.88 Å². The third-order valence-corrected chi connectivity index (χ3v) is 5.74. The third-order valence-electron chi connectivity index (χ3n) is 4.77. The summed E-state index contributed by atoms with van der Waals surface area (Å²) in [7, 11) is 3.42. The maximum absolute atomic E-state index is 5.59. The Morgan fingerprint density at radius 1 is 1.27 bits per heavy atom. The van der Waals surface area contributed by atoms with Gasteiger partial charge in [-0.15, -0.1) is 35.3 Å². The van der Waals surface area contributed by atoms with Gasteiger partial charge in [-0.25, -0.2) is 0 Å². The number of aliphatic imine (C=N–C) groups is 1. The highest BCUT2D eigenvalue weighted by atomic mass is 127. The van der Waals surface area contributed by atoms with Gasteiger partial charge in [-0.05, 0) is 30.5 Å². The Morgan fingerprint density at radius 3 is 2.70 bits per heavy atom. The van der Waals surface area contributed by atoms with Crippen LogP contribution < -0.4 is 20.1 Å². The van der Waals surface area contributed by atoms with Gasteiger partial charge in [0.15, 0.2) is 17.5 Å². The SMILES string of the molecule is CCOc1ccc(NC(=NC)NCC(c2cccs2)N2CCOCC2)cc1OC.I. The number of hydrogen-bond donors (Lipinski definition) is 2. The van der Waals surface area contributed by atoms with Crippen LogP contribution in [0.1, 0.15) is 17.8 Å². The quantitative estimate of drug-likeness (QED) is 0.298. The first-order valence-electron chi connectivity index (χ1n) is 9.88. The minimum absolute atomic E-state index is 0. The lowest BCUT2D eigenvalue weighted by molar-refractivity contribution is 0.0177. The largest absolute Gasteiger partial charge is 0.493 e. The fourth-order valence-corrected chi connectivity index (χ4v) is 4.17. The third kappa shape index (κ3) is 6.73. The van der Waals surface area contributed by atoms with Gasteiger partial charge in [0, 0.05) is 43.3 Å². The summed E-state index contributed by atoms with van der Waals surface area (Å²) in [6.45, 7) is 6.74. The molecule has 0 saturated carbocycles. The maximum Gasteiger partial charge on any atom is 0.195 e. The van der Waals surface area contributed by atoms with Crippen LogP contribution >= 0.6 is 35.3 Å². The van der Waals surface area contributed by atoms with Crippen molar-refractivity contribution in [3.8, 4) is 11.5 Å². The molecule has 0 bridgehead atoms. The summed E-state index contributed by atoms with van der Waals surface area (Å²) in [4.78, 5) is 8.19. The van der Waals surface area contributed by atoms with E-state index in [1.807, 2.05) is 25.1 Å². The van der Waals surface area contributed by atoms with Crippen molar-refractivity contribution in [2.75, 3.05) is 58.9 Å². The van der Waals surface area contributed by atoms with E-state index >= 15 is 0 Å². The van der Waals surface area contributed by atoms with Crippen molar-refractivity contribution >= 4 is 47.0 Å². The van der Waals surface area contributed by atoms with Gasteiger partial charge in [-0.3, -0.25) is 9.89 Å². The van der Waals surface area contributed by atoms with Crippen LogP contribution in [-0.4, -0.2) is 64.5 Å². The van der Waals surface area contributed by atoms with Gasteiger partial charge in [-0.1, -0.05) is 6.07 Å². The van der Waals surface area contributed by atoms with Crippen LogP contribution in [0.2, 0.25) is 0 Å². The van der Waals surface area contributed by atoms with E-state index in [4.69, 9.17) is 14.2 Å². The van der Waals surface area contributed by atoms with Crippen LogP contribution in [0.3, 0.4) is 0 Å². The van der Waals surface area contributed by atoms with Gasteiger partial charge in [0.25, 0.3) is 0 Å². The molecule has 3 rings (SSSR count). The molecule has 0 amide bonds. The number of thiophene rings is 1. The number of morpholine rings is 1. The number of methoxy groups -OCH3 is 1. The Kier molecular flexibility index (Phi) is 10.7. The summed E-state index contributed by atoms with van der Waals surface area (Å²) in [6, 6.07) is 10.4. The molecule has 30 heavy (non-hydrogen) atoms. The molecule has 1 aliphatic rings. The molecule has 1 fully saturated rings. The molecule has 166 valence electrons. The van der Waals surface area contributed by atoms with E-state index in [0.717, 1.165) is 44.3 Å². The van der Waals surface area contributed by atoms with Crippen molar-refractivity contribution in [3.05, 3.63) is 40.6 Å². The predicted octanol–water partition coefficient (Wildman–Crippen LogP) is 3.83. The number of nitrogens with one attached hydrogen (secondary N) is 2. The lowest BCUT2D eigenvalue weighted by atomic mass is 10.2. The Morgan fingerprint density at radius 2 is 2.07 bits per heavy atom. The monoisotopic (exact) mass is 546 g/mol. The maximum atomic E-state index is 5.59. The molecular weight excluding hydrogens is 515 g/mol. The molecule has 1 saturated heterocycles. The molecule has 0 radical (unpaired) electrons. The molecule has 7 nitrogen and oxygen atoms in total. The van der Waals surface area contributed by atoms with Crippen LogP contribution in [0.15, 0.2) is 40.7 Å². The Bertz CT molecular complexity index is 783. The second-order valence-corrected chi connectivity index (χ2v) is 7.54. The number of nitrogens with zero attached hydrogens (tertiary/aromatic N) is 2. The highest BCUT2D eigenvalue weighted by Crippen LogP contribution is 2.30. The highest BCUT2D eigenvalue weighted by Gasteiger charge is 2.23. The Labute approximate surface area is 199 Å². The molecule has 2 N–H and O–H groups in total. The first-order valence-corrected chi connectivity index (χ1v) is 10.8. The number of ether oxygens (including phenoxy) is 3. The first-order chi connectivity index (χ1) is 14.2. The summed E-state index contributed by atoms with van der Waals surface area (Å²) in [5.74, 6) is 2.14. The lowest BCUT2D eigenvalue weighted by Gasteiger charge is -2.34. The topological polar surface area (TPSA) is 67.4 Å². The van der Waals surface area contributed by atoms with E-state index in [9.17, 15) is 0 Å². The smallest absolute Gasteiger partial charge is 0.195 e. The van der Waals surface area contributed by atoms with Gasteiger partial charge >= 0.3 is 0 Å². The van der Waals surface area contributed by atoms with Crippen molar-refractivity contribution < 1.29 is 14.2 Å². The van der Waals surface area contributed by atoms with E-state index in [0.29, 0.717) is 18.3 Å². The Balaban J connectivity index is 0.00000320. The molecule has 9 heteroatoms. The molecule has 1 unspecified atom stereocenters. The lowest BCUT2D eigenvalue weighted by Crippen LogP contribution is -2.44. The second-order valence-electron chi connectivity index (χ2n) is 6.56. The van der Waals surface area contributed by atoms with E-state index in [2.05, 4.69) is 38.0 Å². The molecular formula is C21H31IN4O3S. The Hall–Kier alpha value is -1.56. The van der Waals surface area contributed by atoms with Crippen molar-refractivity contribution in [1.82, 2.24) is 10.2 Å². The number of benzene rings is 1. The zero-order chi connectivity index (χ0) is 20.5. The zero-order valence-corrected chi connectivity index (χ0v) is 20.9. The van der Waals surface area contributed by atoms with E-state index < -0.39 is 0 Å². The highest BCUT2D eigenvalue weighted by molar-refractivity contribution is 14.0. The van der Waals surface area contributed by atoms with Crippen molar-refractivity contribution in [2.24, 2.45) is 4.99 Å². The molecule has 2 heterocycles. The van der Waals surface area contributed by atoms with Crippen molar-refractivity contribution in [1.29, 1.82) is 0 Å². The number of hydrogen-bond acceptors (Lipinski definition) is 6. The standard InChI is InChI=1S/C21H30N4O3S.HI/c1-4-28-18-8-7-16(14-19(18)26-3)24-21(22-2)23-15-17(20-6-5-13-29-20)25-9-11-27-12-10-25;/h5-8,13-14,17H,4,9-12,15H2,1-3H3,(H2,22,23,24);1H. The average Bonchev–Trinajstić information content (AvgIpc) is 3.29. The van der Waals surface area contributed by atoms with Gasteiger partial charge in [0.2, 0.25) is 0 Å². The van der Waals surface area contributed by atoms with Crippen molar-refractivity contribution in [3.63, 3.8) is 0 Å². The van der Waals surface area contributed by atoms with Crippen LogP contribution in [0.25, 0.3) is 0 Å². The van der Waals surface area contributed by atoms with Crippen LogP contribution in [0.5, 0.6) is 11.5 Å². The molecule has 1 atom stereocenters. The minimum Gasteiger partial charge on any atom is -0.493 e. The van der Waals surface area contributed by atoms with E-state index in [-0.39, 0.29) is 30.0 Å². The van der Waals surface area contributed by atoms with Crippen LogP contribution in [-0.2, 0) is 4.74 Å². The number of halogens is 1. The molecule has 0 aliphatic carbocycles. The second kappa shape index (κ2) is 13.0. The molecule has 2 aromatic rings. The summed E-state index contributed by atoms with van der Waals surface area (Å²) in [6.07, 6.45) is 0. The fraction of sp³-hybridized carbons (Fsp3) is 0.476. The van der Waals surface area contributed by atoms with Crippen molar-refractivity contribution in [2.45, 2.75) is 13.0 Å². The number of guanidine groups is 1.